The molecule has 1 aliphatic carbocycles. The third-order valence-electron chi connectivity index (χ3n) is 3.31. The van der Waals surface area contributed by atoms with Crippen LogP contribution in [0.2, 0.25) is 0 Å². The quantitative estimate of drug-likeness (QED) is 0.746. The maximum absolute atomic E-state index is 5.82. The molecule has 2 heteroatoms. The lowest BCUT2D eigenvalue weighted by molar-refractivity contribution is 0.355. The van der Waals surface area contributed by atoms with Crippen LogP contribution in [0.15, 0.2) is 35.6 Å². The van der Waals surface area contributed by atoms with Crippen molar-refractivity contribution >= 4 is 0 Å². The maximum atomic E-state index is 5.82. The maximum Gasteiger partial charge on any atom is 0.0570 e. The minimum absolute atomic E-state index is 0.248. The highest BCUT2D eigenvalue weighted by Crippen LogP contribution is 2.32. The predicted molar refractivity (Wildman–Crippen MR) is 64.3 cm³/mol. The lowest BCUT2D eigenvalue weighted by Gasteiger charge is -2.27. The molecule has 1 heterocycles. The number of likely N-dealkylation sites (N-methyl/N-ethyl adjacent to an activating group) is 1. The Morgan fingerprint density at radius 2 is 2.20 bits per heavy atom. The first-order valence-corrected chi connectivity index (χ1v) is 5.63. The number of rotatable bonds is 2. The number of nitrogens with two attached hydrogens (primary N) is 1. The summed E-state index contributed by atoms with van der Waals surface area (Å²) >= 11 is 0. The van der Waals surface area contributed by atoms with Gasteiger partial charge in [-0.15, -0.1) is 0 Å². The van der Waals surface area contributed by atoms with E-state index in [9.17, 15) is 0 Å². The Morgan fingerprint density at radius 3 is 2.87 bits per heavy atom. The Labute approximate surface area is 92.1 Å². The molecule has 0 saturated heterocycles. The van der Waals surface area contributed by atoms with Crippen LogP contribution in [0.3, 0.4) is 0 Å². The Morgan fingerprint density at radius 1 is 1.47 bits per heavy atom. The lowest BCUT2D eigenvalue weighted by atomic mass is 9.91. The molecular weight excluding hydrogens is 184 g/mol. The van der Waals surface area contributed by atoms with Gasteiger partial charge in [0.05, 0.1) is 6.04 Å². The summed E-state index contributed by atoms with van der Waals surface area (Å²) in [5.74, 6) is 0.562. The Balaban J connectivity index is 2.14. The zero-order valence-corrected chi connectivity index (χ0v) is 9.77. The Hall–Kier alpha value is -1.02. The van der Waals surface area contributed by atoms with Crippen molar-refractivity contribution in [3.05, 3.63) is 35.6 Å². The van der Waals surface area contributed by atoms with Crippen molar-refractivity contribution in [2.75, 3.05) is 7.05 Å². The van der Waals surface area contributed by atoms with E-state index in [-0.39, 0.29) is 6.04 Å². The Bertz CT molecular complexity index is 336. The van der Waals surface area contributed by atoms with E-state index in [0.717, 1.165) is 6.42 Å². The highest BCUT2D eigenvalue weighted by Gasteiger charge is 2.28. The second kappa shape index (κ2) is 3.86. The molecule has 0 radical (unpaired) electrons. The first-order valence-electron chi connectivity index (χ1n) is 5.63. The first kappa shape index (κ1) is 10.5. The zero-order valence-electron chi connectivity index (χ0n) is 9.77. The summed E-state index contributed by atoms with van der Waals surface area (Å²) in [5, 5.41) is 0. The van der Waals surface area contributed by atoms with Crippen molar-refractivity contribution in [1.82, 2.24) is 4.90 Å². The van der Waals surface area contributed by atoms with Crippen LogP contribution in [0.5, 0.6) is 0 Å². The lowest BCUT2D eigenvalue weighted by Crippen LogP contribution is -2.30. The van der Waals surface area contributed by atoms with Crippen molar-refractivity contribution in [3.63, 3.8) is 0 Å². The summed E-state index contributed by atoms with van der Waals surface area (Å²) in [6, 6.07) is 0.766. The highest BCUT2D eigenvalue weighted by molar-refractivity contribution is 5.34. The van der Waals surface area contributed by atoms with Crippen LogP contribution < -0.4 is 5.73 Å². The molecule has 0 aromatic carbocycles. The summed E-state index contributed by atoms with van der Waals surface area (Å²) in [6.07, 6.45) is 10.2. The van der Waals surface area contributed by atoms with E-state index in [4.69, 9.17) is 5.73 Å². The molecule has 2 N–H and O–H groups in total. The van der Waals surface area contributed by atoms with Gasteiger partial charge < -0.3 is 10.6 Å². The topological polar surface area (TPSA) is 29.3 Å². The van der Waals surface area contributed by atoms with Gasteiger partial charge in [0.1, 0.15) is 0 Å². The summed E-state index contributed by atoms with van der Waals surface area (Å²) in [7, 11) is 2.16. The molecule has 0 bridgehead atoms. The predicted octanol–water partition coefficient (Wildman–Crippen LogP) is 2.05. The largest absolute Gasteiger partial charge is 0.371 e. The van der Waals surface area contributed by atoms with Crippen molar-refractivity contribution in [2.45, 2.75) is 32.4 Å². The van der Waals surface area contributed by atoms with Gasteiger partial charge in [0.2, 0.25) is 0 Å². The normalized spacial score (nSPS) is 31.1. The molecule has 0 spiro atoms. The molecule has 0 aromatic rings. The third-order valence-corrected chi connectivity index (χ3v) is 3.31. The van der Waals surface area contributed by atoms with Gasteiger partial charge in [0, 0.05) is 24.7 Å². The summed E-state index contributed by atoms with van der Waals surface area (Å²) in [6.45, 7) is 4.23. The van der Waals surface area contributed by atoms with E-state index in [1.54, 1.807) is 0 Å². The number of nitrogens with zero attached hydrogens (tertiary/aromatic N) is 1. The van der Waals surface area contributed by atoms with Crippen molar-refractivity contribution in [2.24, 2.45) is 11.7 Å². The number of allylic oxidation sites excluding steroid dienone is 2. The second-order valence-corrected chi connectivity index (χ2v) is 4.77. The van der Waals surface area contributed by atoms with Crippen LogP contribution in [0.25, 0.3) is 0 Å². The summed E-state index contributed by atoms with van der Waals surface area (Å²) in [5.41, 5.74) is 8.57. The molecule has 0 amide bonds. The van der Waals surface area contributed by atoms with Crippen LogP contribution in [-0.2, 0) is 0 Å². The van der Waals surface area contributed by atoms with Gasteiger partial charge in [0.15, 0.2) is 0 Å². The Kier molecular flexibility index (Phi) is 2.70. The molecule has 0 fully saturated rings. The highest BCUT2D eigenvalue weighted by atomic mass is 15.2. The fourth-order valence-corrected chi connectivity index (χ4v) is 2.40. The minimum atomic E-state index is 0.248. The minimum Gasteiger partial charge on any atom is -0.371 e. The van der Waals surface area contributed by atoms with Crippen LogP contribution in [0.1, 0.15) is 20.3 Å². The molecule has 0 saturated carbocycles. The van der Waals surface area contributed by atoms with E-state index < -0.39 is 0 Å². The van der Waals surface area contributed by atoms with Gasteiger partial charge in [-0.05, 0) is 25.8 Å². The van der Waals surface area contributed by atoms with Gasteiger partial charge in [-0.1, -0.05) is 24.3 Å². The molecule has 0 aromatic heterocycles. The van der Waals surface area contributed by atoms with E-state index in [1.165, 1.54) is 11.3 Å². The van der Waals surface area contributed by atoms with Crippen molar-refractivity contribution < 1.29 is 0 Å². The fourth-order valence-electron chi connectivity index (χ4n) is 2.40. The van der Waals surface area contributed by atoms with Gasteiger partial charge in [0.25, 0.3) is 0 Å². The molecule has 82 valence electrons. The SMILES string of the molecule is CC1=CC2C=CC(CC(C)N)=CC2N1C. The van der Waals surface area contributed by atoms with E-state index in [2.05, 4.69) is 50.1 Å². The number of hydrogen-bond donors (Lipinski definition) is 1. The van der Waals surface area contributed by atoms with Gasteiger partial charge >= 0.3 is 0 Å². The molecule has 2 rings (SSSR count). The number of hydrogen-bond acceptors (Lipinski definition) is 2. The van der Waals surface area contributed by atoms with Crippen LogP contribution in [-0.4, -0.2) is 24.0 Å². The zero-order chi connectivity index (χ0) is 11.0. The van der Waals surface area contributed by atoms with E-state index in [0.29, 0.717) is 12.0 Å². The second-order valence-electron chi connectivity index (χ2n) is 4.77. The fraction of sp³-hybridized carbons (Fsp3) is 0.538. The molecule has 2 aliphatic rings. The average Bonchev–Trinajstić information content (AvgIpc) is 2.43. The molecule has 15 heavy (non-hydrogen) atoms. The van der Waals surface area contributed by atoms with Crippen LogP contribution in [0, 0.1) is 5.92 Å². The van der Waals surface area contributed by atoms with E-state index >= 15 is 0 Å². The smallest absolute Gasteiger partial charge is 0.0570 e. The average molecular weight is 204 g/mol. The molecule has 3 atom stereocenters. The first-order chi connectivity index (χ1) is 7.08. The van der Waals surface area contributed by atoms with E-state index in [1.807, 2.05) is 0 Å². The van der Waals surface area contributed by atoms with Crippen LogP contribution in [0.4, 0.5) is 0 Å². The molecule has 1 aliphatic heterocycles. The van der Waals surface area contributed by atoms with Gasteiger partial charge in [-0.2, -0.15) is 0 Å². The molecule has 2 nitrogen and oxygen atoms in total. The standard InChI is InChI=1S/C13H20N2/c1-9(14)6-11-4-5-12-7-10(2)15(3)13(12)8-11/h4-5,7-9,12-13H,6,14H2,1-3H3. The van der Waals surface area contributed by atoms with Crippen LogP contribution >= 0.6 is 0 Å². The third kappa shape index (κ3) is 2.00. The monoisotopic (exact) mass is 204 g/mol. The van der Waals surface area contributed by atoms with Crippen molar-refractivity contribution in [3.8, 4) is 0 Å². The van der Waals surface area contributed by atoms with Gasteiger partial charge in [-0.3, -0.25) is 0 Å². The molecule has 3 unspecified atom stereocenters. The summed E-state index contributed by atoms with van der Waals surface area (Å²) in [4.78, 5) is 2.34. The summed E-state index contributed by atoms with van der Waals surface area (Å²) < 4.78 is 0. The van der Waals surface area contributed by atoms with Crippen molar-refractivity contribution in [1.29, 1.82) is 0 Å². The van der Waals surface area contributed by atoms with Gasteiger partial charge in [-0.25, -0.2) is 0 Å². The molecular formula is C13H20N2. The number of fused-ring (bicyclic) bond motifs is 1.